The van der Waals surface area contributed by atoms with Crippen LogP contribution in [0.15, 0.2) is 12.7 Å². The van der Waals surface area contributed by atoms with Crippen LogP contribution in [-0.2, 0) is 18.8 Å². The van der Waals surface area contributed by atoms with E-state index in [9.17, 15) is 9.59 Å². The van der Waals surface area contributed by atoms with Crippen molar-refractivity contribution in [2.45, 2.75) is 65.3 Å². The Morgan fingerprint density at radius 1 is 1.39 bits per heavy atom. The summed E-state index contributed by atoms with van der Waals surface area (Å²) in [7, 11) is -1.86. The highest BCUT2D eigenvalue weighted by Crippen LogP contribution is 2.70. The predicted octanol–water partition coefficient (Wildman–Crippen LogP) is 3.72. The molecule has 2 saturated carbocycles. The molecule has 23 heavy (non-hydrogen) atoms. The van der Waals surface area contributed by atoms with Crippen LogP contribution in [0.1, 0.15) is 40.0 Å². The van der Waals surface area contributed by atoms with Gasteiger partial charge in [-0.05, 0) is 39.4 Å². The van der Waals surface area contributed by atoms with E-state index >= 15 is 0 Å². The van der Waals surface area contributed by atoms with Crippen molar-refractivity contribution in [2.75, 3.05) is 6.61 Å². The van der Waals surface area contributed by atoms with Crippen LogP contribution in [0.2, 0.25) is 19.6 Å². The molecule has 2 fully saturated rings. The molecule has 0 amide bonds. The summed E-state index contributed by atoms with van der Waals surface area (Å²) in [5, 5.41) is 0. The topological polar surface area (TPSA) is 52.6 Å². The summed E-state index contributed by atoms with van der Waals surface area (Å²) in [5.74, 6) is -0.122. The third-order valence-corrected chi connectivity index (χ3v) is 6.32. The number of Topliss-reactive ketones (excluding diaryl/α,β-unsaturated/α-hetero) is 1. The fourth-order valence-corrected chi connectivity index (χ4v) is 6.12. The minimum Gasteiger partial charge on any atom is -0.466 e. The van der Waals surface area contributed by atoms with Crippen LogP contribution < -0.4 is 0 Å². The summed E-state index contributed by atoms with van der Waals surface area (Å²) in [6.45, 7) is 16.5. The van der Waals surface area contributed by atoms with Crippen molar-refractivity contribution >= 4 is 20.1 Å². The van der Waals surface area contributed by atoms with Crippen LogP contribution in [0.25, 0.3) is 0 Å². The number of hydrogen-bond donors (Lipinski definition) is 0. The van der Waals surface area contributed by atoms with Gasteiger partial charge in [0.25, 0.3) is 0 Å². The molecule has 0 spiro atoms. The molecular weight excluding hydrogens is 308 g/mol. The summed E-state index contributed by atoms with van der Waals surface area (Å²) >= 11 is 0. The molecule has 0 aromatic rings. The zero-order chi connectivity index (χ0) is 17.7. The lowest BCUT2D eigenvalue weighted by atomic mass is 9.49. The van der Waals surface area contributed by atoms with Gasteiger partial charge in [0, 0.05) is 16.7 Å². The molecule has 3 unspecified atom stereocenters. The lowest BCUT2D eigenvalue weighted by Crippen LogP contribution is -2.66. The molecule has 2 rings (SSSR count). The normalized spacial score (nSPS) is 35.4. The largest absolute Gasteiger partial charge is 0.466 e. The summed E-state index contributed by atoms with van der Waals surface area (Å²) < 4.78 is 11.7. The van der Waals surface area contributed by atoms with Gasteiger partial charge in [0.05, 0.1) is 18.6 Å². The van der Waals surface area contributed by atoms with E-state index < -0.39 is 24.7 Å². The SMILES string of the molecule is C=CC1(O[Si](C)(C)C)CC2C(=O)C(C)(C)CC21CC(=O)OCC. The van der Waals surface area contributed by atoms with Gasteiger partial charge >= 0.3 is 5.97 Å². The first-order valence-corrected chi connectivity index (χ1v) is 11.9. The smallest absolute Gasteiger partial charge is 0.306 e. The highest BCUT2D eigenvalue weighted by molar-refractivity contribution is 6.69. The Balaban J connectivity index is 2.43. The van der Waals surface area contributed by atoms with E-state index in [4.69, 9.17) is 9.16 Å². The third kappa shape index (κ3) is 2.82. The number of ketones is 1. The van der Waals surface area contributed by atoms with E-state index in [2.05, 4.69) is 26.2 Å². The lowest BCUT2D eigenvalue weighted by Gasteiger charge is -2.61. The van der Waals surface area contributed by atoms with Crippen molar-refractivity contribution < 1.29 is 18.8 Å². The van der Waals surface area contributed by atoms with Gasteiger partial charge in [0.15, 0.2) is 8.32 Å². The first kappa shape index (κ1) is 18.4. The Labute approximate surface area is 140 Å². The molecule has 4 nitrogen and oxygen atoms in total. The fraction of sp³-hybridized carbons (Fsp3) is 0.778. The number of fused-ring (bicyclic) bond motifs is 1. The highest BCUT2D eigenvalue weighted by atomic mass is 28.4. The zero-order valence-corrected chi connectivity index (χ0v) is 16.3. The molecule has 0 saturated heterocycles. The second-order valence-electron chi connectivity index (χ2n) is 8.63. The van der Waals surface area contributed by atoms with E-state index in [1.165, 1.54) is 0 Å². The van der Waals surface area contributed by atoms with Crippen molar-refractivity contribution in [3.05, 3.63) is 12.7 Å². The van der Waals surface area contributed by atoms with Gasteiger partial charge in [-0.2, -0.15) is 0 Å². The van der Waals surface area contributed by atoms with Gasteiger partial charge in [-0.1, -0.05) is 19.9 Å². The number of ether oxygens (including phenoxy) is 1. The van der Waals surface area contributed by atoms with Crippen LogP contribution in [0.5, 0.6) is 0 Å². The minimum absolute atomic E-state index is 0.128. The molecule has 0 N–H and O–H groups in total. The van der Waals surface area contributed by atoms with E-state index in [1.54, 1.807) is 6.92 Å². The average Bonchev–Trinajstić information content (AvgIpc) is 2.54. The second-order valence-corrected chi connectivity index (χ2v) is 13.1. The van der Waals surface area contributed by atoms with Gasteiger partial charge in [0.2, 0.25) is 0 Å². The van der Waals surface area contributed by atoms with Crippen LogP contribution in [0.3, 0.4) is 0 Å². The Bertz CT molecular complexity index is 534. The van der Waals surface area contributed by atoms with Gasteiger partial charge < -0.3 is 9.16 Å². The standard InChI is InChI=1S/C18H30O4Si/c1-8-18(22-23(5,6)7)10-13-15(20)16(3,4)12-17(13,18)11-14(19)21-9-2/h8,13H,1,9-12H2,2-7H3. The number of rotatable bonds is 6. The Morgan fingerprint density at radius 2 is 2.00 bits per heavy atom. The quantitative estimate of drug-likeness (QED) is 0.421. The second kappa shape index (κ2) is 5.55. The number of esters is 1. The monoisotopic (exact) mass is 338 g/mol. The number of carbonyl (C=O) groups excluding carboxylic acids is 2. The molecule has 0 aliphatic heterocycles. The van der Waals surface area contributed by atoms with Crippen LogP contribution in [0, 0.1) is 16.7 Å². The number of hydrogen-bond acceptors (Lipinski definition) is 4. The van der Waals surface area contributed by atoms with Gasteiger partial charge in [-0.15, -0.1) is 6.58 Å². The molecule has 0 aromatic carbocycles. The molecule has 0 aromatic heterocycles. The summed E-state index contributed by atoms with van der Waals surface area (Å²) in [5.41, 5.74) is -1.51. The van der Waals surface area contributed by atoms with Crippen LogP contribution >= 0.6 is 0 Å². The first-order valence-electron chi connectivity index (χ1n) is 8.47. The molecule has 2 aliphatic rings. The average molecular weight is 339 g/mol. The van der Waals surface area contributed by atoms with Crippen LogP contribution in [-0.4, -0.2) is 32.3 Å². The fourth-order valence-electron chi connectivity index (χ4n) is 4.65. The Hall–Kier alpha value is -0.943. The molecule has 2 aliphatic carbocycles. The Morgan fingerprint density at radius 3 is 2.43 bits per heavy atom. The lowest BCUT2D eigenvalue weighted by molar-refractivity contribution is -0.180. The molecular formula is C18H30O4Si. The molecule has 3 atom stereocenters. The summed E-state index contributed by atoms with van der Waals surface area (Å²) in [6, 6.07) is 0. The maximum absolute atomic E-state index is 12.8. The molecule has 0 heterocycles. The first-order chi connectivity index (χ1) is 10.4. The van der Waals surface area contributed by atoms with E-state index in [1.807, 2.05) is 19.9 Å². The van der Waals surface area contributed by atoms with Crippen molar-refractivity contribution in [3.63, 3.8) is 0 Å². The zero-order valence-electron chi connectivity index (χ0n) is 15.3. The van der Waals surface area contributed by atoms with Crippen molar-refractivity contribution in [3.8, 4) is 0 Å². The summed E-state index contributed by atoms with van der Waals surface area (Å²) in [4.78, 5) is 25.0. The molecule has 5 heteroatoms. The van der Waals surface area contributed by atoms with Crippen LogP contribution in [0.4, 0.5) is 0 Å². The summed E-state index contributed by atoms with van der Waals surface area (Å²) in [6.07, 6.45) is 3.37. The maximum Gasteiger partial charge on any atom is 0.306 e. The maximum atomic E-state index is 12.8. The minimum atomic E-state index is -1.86. The highest BCUT2D eigenvalue weighted by Gasteiger charge is 2.74. The van der Waals surface area contributed by atoms with Crippen molar-refractivity contribution in [1.82, 2.24) is 0 Å². The predicted molar refractivity (Wildman–Crippen MR) is 92.6 cm³/mol. The van der Waals surface area contributed by atoms with Gasteiger partial charge in [-0.3, -0.25) is 9.59 Å². The van der Waals surface area contributed by atoms with Crippen molar-refractivity contribution in [1.29, 1.82) is 0 Å². The van der Waals surface area contributed by atoms with Crippen molar-refractivity contribution in [2.24, 2.45) is 16.7 Å². The van der Waals surface area contributed by atoms with E-state index in [-0.39, 0.29) is 24.1 Å². The third-order valence-electron chi connectivity index (χ3n) is 5.34. The number of carbonyl (C=O) groups is 2. The molecule has 0 radical (unpaired) electrons. The van der Waals surface area contributed by atoms with Gasteiger partial charge in [-0.25, -0.2) is 0 Å². The Kier molecular flexibility index (Phi) is 4.44. The van der Waals surface area contributed by atoms with Gasteiger partial charge in [0.1, 0.15) is 5.78 Å². The molecule has 0 bridgehead atoms. The van der Waals surface area contributed by atoms with E-state index in [0.29, 0.717) is 19.4 Å². The molecule has 130 valence electrons. The van der Waals surface area contributed by atoms with E-state index in [0.717, 1.165) is 0 Å².